The number of nitrogens with one attached hydrogen (secondary N) is 1. The number of benzene rings is 2. The van der Waals surface area contributed by atoms with Crippen LogP contribution in [0.15, 0.2) is 48.5 Å². The quantitative estimate of drug-likeness (QED) is 0.839. The van der Waals surface area contributed by atoms with Crippen molar-refractivity contribution in [1.29, 1.82) is 0 Å². The van der Waals surface area contributed by atoms with Gasteiger partial charge in [-0.3, -0.25) is 4.79 Å². The molecule has 0 atom stereocenters. The fourth-order valence-electron chi connectivity index (χ4n) is 2.96. The fourth-order valence-corrected chi connectivity index (χ4v) is 3.09. The van der Waals surface area contributed by atoms with E-state index in [0.29, 0.717) is 10.8 Å². The minimum atomic E-state index is -0.183. The molecule has 1 aliphatic heterocycles. The highest BCUT2D eigenvalue weighted by molar-refractivity contribution is 6.30. The molecule has 0 unspecified atom stereocenters. The highest BCUT2D eigenvalue weighted by Gasteiger charge is 2.10. The van der Waals surface area contributed by atoms with Crippen LogP contribution in [0.2, 0.25) is 5.02 Å². The second-order valence-corrected chi connectivity index (χ2v) is 6.68. The van der Waals surface area contributed by atoms with Crippen LogP contribution < -0.4 is 15.0 Å². The van der Waals surface area contributed by atoms with E-state index in [9.17, 15) is 4.79 Å². The van der Waals surface area contributed by atoms with Gasteiger partial charge in [0.2, 0.25) is 0 Å². The van der Waals surface area contributed by atoms with Crippen molar-refractivity contribution in [3.63, 3.8) is 0 Å². The maximum absolute atomic E-state index is 12.0. The first-order valence-electron chi connectivity index (χ1n) is 8.74. The van der Waals surface area contributed by atoms with Crippen molar-refractivity contribution in [1.82, 2.24) is 0 Å². The lowest BCUT2D eigenvalue weighted by atomic mass is 10.2. The zero-order chi connectivity index (χ0) is 17.5. The summed E-state index contributed by atoms with van der Waals surface area (Å²) in [7, 11) is 0. The molecule has 1 saturated heterocycles. The fraction of sp³-hybridized carbons (Fsp3) is 0.350. The second kappa shape index (κ2) is 8.77. The van der Waals surface area contributed by atoms with Gasteiger partial charge in [-0.15, -0.1) is 0 Å². The maximum atomic E-state index is 12.0. The second-order valence-electron chi connectivity index (χ2n) is 6.24. The smallest absolute Gasteiger partial charge is 0.262 e. The van der Waals surface area contributed by atoms with Gasteiger partial charge in [-0.05, 0) is 61.4 Å². The van der Waals surface area contributed by atoms with Gasteiger partial charge in [0, 0.05) is 29.5 Å². The van der Waals surface area contributed by atoms with Crippen molar-refractivity contribution >= 4 is 28.9 Å². The summed E-state index contributed by atoms with van der Waals surface area (Å²) in [5.41, 5.74) is 2.00. The summed E-state index contributed by atoms with van der Waals surface area (Å²) in [5, 5.41) is 3.50. The molecule has 1 heterocycles. The Morgan fingerprint density at radius 3 is 2.24 bits per heavy atom. The molecule has 0 bridgehead atoms. The van der Waals surface area contributed by atoms with E-state index < -0.39 is 0 Å². The predicted molar refractivity (Wildman–Crippen MR) is 103 cm³/mol. The van der Waals surface area contributed by atoms with E-state index >= 15 is 0 Å². The van der Waals surface area contributed by atoms with Crippen LogP contribution in [0, 0.1) is 0 Å². The number of amides is 1. The van der Waals surface area contributed by atoms with E-state index in [-0.39, 0.29) is 12.5 Å². The minimum absolute atomic E-state index is 0.0322. The Morgan fingerprint density at radius 1 is 0.960 bits per heavy atom. The van der Waals surface area contributed by atoms with Gasteiger partial charge in [0.05, 0.1) is 0 Å². The lowest BCUT2D eigenvalue weighted by molar-refractivity contribution is -0.118. The van der Waals surface area contributed by atoms with Crippen LogP contribution >= 0.6 is 11.6 Å². The first kappa shape index (κ1) is 17.6. The molecular formula is C20H23ClN2O2. The summed E-state index contributed by atoms with van der Waals surface area (Å²) in [4.78, 5) is 14.4. The van der Waals surface area contributed by atoms with Crippen molar-refractivity contribution in [2.45, 2.75) is 25.7 Å². The highest BCUT2D eigenvalue weighted by atomic mass is 35.5. The molecular weight excluding hydrogens is 336 g/mol. The zero-order valence-corrected chi connectivity index (χ0v) is 15.0. The van der Waals surface area contributed by atoms with Crippen molar-refractivity contribution in [3.05, 3.63) is 53.6 Å². The number of rotatable bonds is 5. The third-order valence-corrected chi connectivity index (χ3v) is 4.56. The average molecular weight is 359 g/mol. The number of hydrogen-bond donors (Lipinski definition) is 1. The highest BCUT2D eigenvalue weighted by Crippen LogP contribution is 2.21. The first-order valence-corrected chi connectivity index (χ1v) is 9.12. The number of anilines is 2. The molecule has 1 N–H and O–H groups in total. The van der Waals surface area contributed by atoms with Gasteiger partial charge in [-0.25, -0.2) is 0 Å². The normalized spacial score (nSPS) is 14.7. The SMILES string of the molecule is O=C(COc1ccc(Cl)cc1)Nc1ccc(N2CCCCCC2)cc1. The number of halogens is 1. The van der Waals surface area contributed by atoms with Crippen LogP contribution in [0.3, 0.4) is 0 Å². The summed E-state index contributed by atoms with van der Waals surface area (Å²) in [5.74, 6) is 0.438. The van der Waals surface area contributed by atoms with Crippen LogP contribution in [0.1, 0.15) is 25.7 Å². The largest absolute Gasteiger partial charge is 0.484 e. The van der Waals surface area contributed by atoms with Gasteiger partial charge in [0.25, 0.3) is 5.91 Å². The number of carbonyl (C=O) groups excluding carboxylic acids is 1. The zero-order valence-electron chi connectivity index (χ0n) is 14.2. The van der Waals surface area contributed by atoms with Crippen molar-refractivity contribution in [2.75, 3.05) is 29.9 Å². The van der Waals surface area contributed by atoms with Crippen molar-refractivity contribution < 1.29 is 9.53 Å². The molecule has 0 saturated carbocycles. The topological polar surface area (TPSA) is 41.6 Å². The summed E-state index contributed by atoms with van der Waals surface area (Å²) in [6, 6.07) is 15.0. The third-order valence-electron chi connectivity index (χ3n) is 4.31. The summed E-state index contributed by atoms with van der Waals surface area (Å²) in [6.07, 6.45) is 5.14. The lowest BCUT2D eigenvalue weighted by Crippen LogP contribution is -2.24. The first-order chi connectivity index (χ1) is 12.2. The molecule has 1 amide bonds. The Balaban J connectivity index is 1.50. The van der Waals surface area contributed by atoms with Gasteiger partial charge >= 0.3 is 0 Å². The van der Waals surface area contributed by atoms with Gasteiger partial charge in [-0.2, -0.15) is 0 Å². The Bertz CT molecular complexity index is 678. The number of carbonyl (C=O) groups is 1. The molecule has 0 radical (unpaired) electrons. The van der Waals surface area contributed by atoms with Crippen LogP contribution in [0.25, 0.3) is 0 Å². The molecule has 5 heteroatoms. The third kappa shape index (κ3) is 5.40. The van der Waals surface area contributed by atoms with Crippen LogP contribution in [-0.4, -0.2) is 25.6 Å². The van der Waals surface area contributed by atoms with Gasteiger partial charge in [0.15, 0.2) is 6.61 Å². The van der Waals surface area contributed by atoms with Gasteiger partial charge < -0.3 is 15.0 Å². The molecule has 0 aromatic heterocycles. The molecule has 2 aromatic carbocycles. The van der Waals surface area contributed by atoms with Crippen LogP contribution in [0.5, 0.6) is 5.75 Å². The number of ether oxygens (including phenoxy) is 1. The molecule has 25 heavy (non-hydrogen) atoms. The van der Waals surface area contributed by atoms with E-state index in [1.165, 1.54) is 31.4 Å². The predicted octanol–water partition coefficient (Wildman–Crippen LogP) is 4.74. The number of hydrogen-bond acceptors (Lipinski definition) is 3. The van der Waals surface area contributed by atoms with Gasteiger partial charge in [0.1, 0.15) is 5.75 Å². The standard InChI is InChI=1S/C20H23ClN2O2/c21-16-5-11-19(12-6-16)25-15-20(24)22-17-7-9-18(10-8-17)23-13-3-1-2-4-14-23/h5-12H,1-4,13-15H2,(H,22,24). The van der Waals surface area contributed by atoms with Crippen LogP contribution in [-0.2, 0) is 4.79 Å². The molecule has 4 nitrogen and oxygen atoms in total. The molecule has 0 spiro atoms. The van der Waals surface area contributed by atoms with E-state index in [2.05, 4.69) is 22.3 Å². The molecule has 3 rings (SSSR count). The van der Waals surface area contributed by atoms with Crippen molar-refractivity contribution in [2.24, 2.45) is 0 Å². The Hall–Kier alpha value is -2.20. The van der Waals surface area contributed by atoms with E-state index in [1.807, 2.05) is 12.1 Å². The average Bonchev–Trinajstić information content (AvgIpc) is 2.91. The monoisotopic (exact) mass is 358 g/mol. The molecule has 0 aliphatic carbocycles. The Morgan fingerprint density at radius 2 is 1.60 bits per heavy atom. The lowest BCUT2D eigenvalue weighted by Gasteiger charge is -2.22. The summed E-state index contributed by atoms with van der Waals surface area (Å²) in [6.45, 7) is 2.19. The van der Waals surface area contributed by atoms with Crippen molar-refractivity contribution in [3.8, 4) is 5.75 Å². The maximum Gasteiger partial charge on any atom is 0.262 e. The van der Waals surface area contributed by atoms with Crippen LogP contribution in [0.4, 0.5) is 11.4 Å². The summed E-state index contributed by atoms with van der Waals surface area (Å²) < 4.78 is 5.45. The molecule has 1 fully saturated rings. The Kier molecular flexibility index (Phi) is 6.18. The molecule has 132 valence electrons. The molecule has 2 aromatic rings. The van der Waals surface area contributed by atoms with E-state index in [4.69, 9.17) is 16.3 Å². The van der Waals surface area contributed by atoms with E-state index in [0.717, 1.165) is 18.8 Å². The Labute approximate surface area is 153 Å². The number of nitrogens with zero attached hydrogens (tertiary/aromatic N) is 1. The minimum Gasteiger partial charge on any atom is -0.484 e. The summed E-state index contributed by atoms with van der Waals surface area (Å²) >= 11 is 5.82. The molecule has 1 aliphatic rings. The van der Waals surface area contributed by atoms with E-state index in [1.54, 1.807) is 24.3 Å². The van der Waals surface area contributed by atoms with Gasteiger partial charge in [-0.1, -0.05) is 24.4 Å².